The Morgan fingerprint density at radius 3 is 2.45 bits per heavy atom. The van der Waals surface area contributed by atoms with E-state index in [0.717, 1.165) is 0 Å². The molecule has 0 aliphatic rings. The summed E-state index contributed by atoms with van der Waals surface area (Å²) in [5.74, 6) is -1.40. The van der Waals surface area contributed by atoms with Crippen LogP contribution in [0.1, 0.15) is 5.56 Å². The van der Waals surface area contributed by atoms with Crippen molar-refractivity contribution in [2.75, 3.05) is 0 Å². The molecule has 0 saturated carbocycles. The molecule has 0 fully saturated rings. The third-order valence-corrected chi connectivity index (χ3v) is 3.16. The Morgan fingerprint density at radius 1 is 1.14 bits per heavy atom. The van der Waals surface area contributed by atoms with Crippen molar-refractivity contribution in [3.63, 3.8) is 0 Å². The van der Waals surface area contributed by atoms with Gasteiger partial charge in [0.25, 0.3) is 0 Å². The number of hydrogen-bond donors (Lipinski definition) is 1. The molecule has 0 amide bonds. The standard InChI is InChI=1S/C15H10ClF3O3/c16-13-5-4-10(6-11(13)8-14(20)21)9-2-1-3-12(7-9)22-15(17,18)19/h1-7H,8H2,(H,20,21). The quantitative estimate of drug-likeness (QED) is 0.895. The van der Waals surface area contributed by atoms with Gasteiger partial charge in [0.2, 0.25) is 0 Å². The van der Waals surface area contributed by atoms with Crippen molar-refractivity contribution >= 4 is 17.6 Å². The zero-order chi connectivity index (χ0) is 16.3. The Bertz CT molecular complexity index is 699. The number of aliphatic carboxylic acids is 1. The van der Waals surface area contributed by atoms with Crippen LogP contribution < -0.4 is 4.74 Å². The first-order chi connectivity index (χ1) is 10.2. The Hall–Kier alpha value is -2.21. The van der Waals surface area contributed by atoms with E-state index >= 15 is 0 Å². The molecule has 0 spiro atoms. The van der Waals surface area contributed by atoms with Crippen molar-refractivity contribution in [2.24, 2.45) is 0 Å². The van der Waals surface area contributed by atoms with Crippen LogP contribution in [0.4, 0.5) is 13.2 Å². The number of carboxylic acids is 1. The van der Waals surface area contributed by atoms with Crippen molar-refractivity contribution in [1.29, 1.82) is 0 Å². The second kappa shape index (κ2) is 6.27. The lowest BCUT2D eigenvalue weighted by Crippen LogP contribution is -2.17. The highest BCUT2D eigenvalue weighted by molar-refractivity contribution is 6.31. The van der Waals surface area contributed by atoms with Crippen molar-refractivity contribution in [3.8, 4) is 16.9 Å². The molecule has 2 rings (SSSR count). The number of alkyl halides is 3. The van der Waals surface area contributed by atoms with Gasteiger partial charge in [0, 0.05) is 5.02 Å². The SMILES string of the molecule is O=C(O)Cc1cc(-c2cccc(OC(F)(F)F)c2)ccc1Cl. The van der Waals surface area contributed by atoms with E-state index in [0.29, 0.717) is 16.7 Å². The van der Waals surface area contributed by atoms with E-state index < -0.39 is 12.3 Å². The molecule has 3 nitrogen and oxygen atoms in total. The molecule has 0 aromatic heterocycles. The molecule has 2 aromatic rings. The average molecular weight is 331 g/mol. The maximum absolute atomic E-state index is 12.2. The fourth-order valence-electron chi connectivity index (χ4n) is 1.93. The van der Waals surface area contributed by atoms with E-state index in [1.807, 2.05) is 0 Å². The van der Waals surface area contributed by atoms with Gasteiger partial charge in [0.05, 0.1) is 6.42 Å². The van der Waals surface area contributed by atoms with Crippen molar-refractivity contribution in [2.45, 2.75) is 12.8 Å². The van der Waals surface area contributed by atoms with E-state index in [1.165, 1.54) is 30.3 Å². The number of carboxylic acid groups (broad SMARTS) is 1. The second-order valence-corrected chi connectivity index (χ2v) is 4.86. The summed E-state index contributed by atoms with van der Waals surface area (Å²) in [6.07, 6.45) is -5.04. The molecular weight excluding hydrogens is 321 g/mol. The smallest absolute Gasteiger partial charge is 0.481 e. The molecule has 2 aromatic carbocycles. The lowest BCUT2D eigenvalue weighted by atomic mass is 10.0. The molecule has 22 heavy (non-hydrogen) atoms. The van der Waals surface area contributed by atoms with Gasteiger partial charge in [-0.05, 0) is 41.0 Å². The third kappa shape index (κ3) is 4.39. The first-order valence-corrected chi connectivity index (χ1v) is 6.49. The van der Waals surface area contributed by atoms with E-state index in [9.17, 15) is 18.0 Å². The largest absolute Gasteiger partial charge is 0.573 e. The number of rotatable bonds is 4. The molecule has 0 aliphatic carbocycles. The van der Waals surface area contributed by atoms with Crippen molar-refractivity contribution < 1.29 is 27.8 Å². The lowest BCUT2D eigenvalue weighted by molar-refractivity contribution is -0.274. The van der Waals surface area contributed by atoms with Crippen LogP contribution in [0.3, 0.4) is 0 Å². The fourth-order valence-corrected chi connectivity index (χ4v) is 2.11. The molecule has 0 atom stereocenters. The van der Waals surface area contributed by atoms with Crippen LogP contribution in [0.5, 0.6) is 5.75 Å². The lowest BCUT2D eigenvalue weighted by Gasteiger charge is -2.11. The van der Waals surface area contributed by atoms with Gasteiger partial charge >= 0.3 is 12.3 Å². The van der Waals surface area contributed by atoms with Crippen LogP contribution in [0.2, 0.25) is 5.02 Å². The van der Waals surface area contributed by atoms with Gasteiger partial charge in [-0.3, -0.25) is 4.79 Å². The molecule has 116 valence electrons. The minimum absolute atomic E-state index is 0.272. The molecule has 0 unspecified atom stereocenters. The van der Waals surface area contributed by atoms with E-state index in [4.69, 9.17) is 16.7 Å². The summed E-state index contributed by atoms with van der Waals surface area (Å²) in [6, 6.07) is 10.1. The van der Waals surface area contributed by atoms with Gasteiger partial charge in [0.15, 0.2) is 0 Å². The van der Waals surface area contributed by atoms with Gasteiger partial charge in [0.1, 0.15) is 5.75 Å². The highest BCUT2D eigenvalue weighted by atomic mass is 35.5. The van der Waals surface area contributed by atoms with Crippen LogP contribution in [-0.2, 0) is 11.2 Å². The topological polar surface area (TPSA) is 46.5 Å². The molecule has 0 radical (unpaired) electrons. The maximum Gasteiger partial charge on any atom is 0.573 e. The fraction of sp³-hybridized carbons (Fsp3) is 0.133. The third-order valence-electron chi connectivity index (χ3n) is 2.79. The van der Waals surface area contributed by atoms with E-state index in [1.54, 1.807) is 12.1 Å². The monoisotopic (exact) mass is 330 g/mol. The number of ether oxygens (including phenoxy) is 1. The maximum atomic E-state index is 12.2. The molecule has 0 aliphatic heterocycles. The van der Waals surface area contributed by atoms with Crippen LogP contribution in [0, 0.1) is 0 Å². The zero-order valence-electron chi connectivity index (χ0n) is 11.0. The molecule has 7 heteroatoms. The Kier molecular flexibility index (Phi) is 4.61. The van der Waals surface area contributed by atoms with Gasteiger partial charge in [-0.1, -0.05) is 29.8 Å². The number of hydrogen-bond acceptors (Lipinski definition) is 2. The van der Waals surface area contributed by atoms with E-state index in [2.05, 4.69) is 4.74 Å². The summed E-state index contributed by atoms with van der Waals surface area (Å²) in [7, 11) is 0. The van der Waals surface area contributed by atoms with Crippen LogP contribution in [0.25, 0.3) is 11.1 Å². The predicted molar refractivity (Wildman–Crippen MR) is 74.9 cm³/mol. The van der Waals surface area contributed by atoms with Crippen LogP contribution >= 0.6 is 11.6 Å². The van der Waals surface area contributed by atoms with Gasteiger partial charge in [-0.2, -0.15) is 0 Å². The van der Waals surface area contributed by atoms with Gasteiger partial charge in [-0.15, -0.1) is 13.2 Å². The normalized spacial score (nSPS) is 11.3. The summed E-state index contributed by atoms with van der Waals surface area (Å²) in [5.41, 5.74) is 1.40. The Morgan fingerprint density at radius 2 is 1.82 bits per heavy atom. The van der Waals surface area contributed by atoms with Crippen LogP contribution in [0.15, 0.2) is 42.5 Å². The van der Waals surface area contributed by atoms with E-state index in [-0.39, 0.29) is 17.2 Å². The molecule has 0 saturated heterocycles. The molecular formula is C15H10ClF3O3. The summed E-state index contributed by atoms with van der Waals surface area (Å²) in [4.78, 5) is 10.8. The van der Waals surface area contributed by atoms with Crippen molar-refractivity contribution in [3.05, 3.63) is 53.1 Å². The molecule has 0 bridgehead atoms. The molecule has 1 N–H and O–H groups in total. The Labute approximate surface area is 128 Å². The number of carbonyl (C=O) groups is 1. The number of halogens is 4. The second-order valence-electron chi connectivity index (χ2n) is 4.45. The summed E-state index contributed by atoms with van der Waals surface area (Å²) in [6.45, 7) is 0. The Balaban J connectivity index is 2.35. The zero-order valence-corrected chi connectivity index (χ0v) is 11.8. The summed E-state index contributed by atoms with van der Waals surface area (Å²) >= 11 is 5.91. The minimum Gasteiger partial charge on any atom is -0.481 e. The minimum atomic E-state index is -4.77. The van der Waals surface area contributed by atoms with Crippen LogP contribution in [-0.4, -0.2) is 17.4 Å². The number of benzene rings is 2. The average Bonchev–Trinajstić information content (AvgIpc) is 2.39. The summed E-state index contributed by atoms with van der Waals surface area (Å²) in [5, 5.41) is 9.11. The van der Waals surface area contributed by atoms with Gasteiger partial charge in [-0.25, -0.2) is 0 Å². The molecule has 0 heterocycles. The summed E-state index contributed by atoms with van der Waals surface area (Å²) < 4.78 is 40.6. The highest BCUT2D eigenvalue weighted by Crippen LogP contribution is 2.30. The predicted octanol–water partition coefficient (Wildman–Crippen LogP) is 4.53. The highest BCUT2D eigenvalue weighted by Gasteiger charge is 2.31. The van der Waals surface area contributed by atoms with Gasteiger partial charge < -0.3 is 9.84 Å². The first-order valence-electron chi connectivity index (χ1n) is 6.11. The van der Waals surface area contributed by atoms with Crippen molar-refractivity contribution in [1.82, 2.24) is 0 Å². The first kappa shape index (κ1) is 16.2.